The molecule has 2 rings (SSSR count). The number of hydrogen-bond donors (Lipinski definition) is 1. The first-order valence-electron chi connectivity index (χ1n) is 5.51. The van der Waals surface area contributed by atoms with E-state index in [0.29, 0.717) is 5.92 Å². The Morgan fingerprint density at radius 3 is 2.38 bits per heavy atom. The van der Waals surface area contributed by atoms with Crippen molar-refractivity contribution in [2.24, 2.45) is 11.3 Å². The van der Waals surface area contributed by atoms with E-state index in [1.165, 1.54) is 37.7 Å². The second kappa shape index (κ2) is 3.13. The third-order valence-corrected chi connectivity index (χ3v) is 4.01. The summed E-state index contributed by atoms with van der Waals surface area (Å²) in [5.74, 6) is 0.554. The zero-order valence-electron chi connectivity index (χ0n) is 8.55. The Morgan fingerprint density at radius 1 is 1.38 bits per heavy atom. The molecule has 0 aromatic rings. The van der Waals surface area contributed by atoms with Gasteiger partial charge in [-0.25, -0.2) is 0 Å². The topological polar surface area (TPSA) is 20.2 Å². The average molecular weight is 180 g/mol. The highest BCUT2D eigenvalue weighted by molar-refractivity contribution is 5.30. The molecule has 0 aromatic carbocycles. The second-order valence-corrected chi connectivity index (χ2v) is 5.04. The molecule has 13 heavy (non-hydrogen) atoms. The molecular formula is C12H20O. The van der Waals surface area contributed by atoms with Crippen molar-refractivity contribution in [1.82, 2.24) is 0 Å². The Balaban J connectivity index is 1.96. The number of rotatable bonds is 2. The zero-order chi connectivity index (χ0) is 9.47. The van der Waals surface area contributed by atoms with Crippen LogP contribution in [-0.2, 0) is 0 Å². The molecule has 0 spiro atoms. The molecule has 2 aliphatic carbocycles. The summed E-state index contributed by atoms with van der Waals surface area (Å²) in [5, 5.41) is 10.2. The molecule has 2 aliphatic rings. The lowest BCUT2D eigenvalue weighted by atomic mass is 9.79. The van der Waals surface area contributed by atoms with Crippen LogP contribution in [0.5, 0.6) is 0 Å². The fraction of sp³-hybridized carbons (Fsp3) is 0.833. The molecule has 0 amide bonds. The first-order chi connectivity index (χ1) is 6.14. The van der Waals surface area contributed by atoms with Crippen LogP contribution < -0.4 is 0 Å². The summed E-state index contributed by atoms with van der Waals surface area (Å²) in [6.45, 7) is 6.14. The molecule has 1 nitrogen and oxygen atoms in total. The predicted molar refractivity (Wildman–Crippen MR) is 54.4 cm³/mol. The Morgan fingerprint density at radius 2 is 1.92 bits per heavy atom. The SMILES string of the molecule is C=C1C[C@]1(C)[C@@H](O)C1CCCCC1. The van der Waals surface area contributed by atoms with Gasteiger partial charge in [-0.05, 0) is 25.2 Å². The molecule has 0 saturated heterocycles. The van der Waals surface area contributed by atoms with Gasteiger partial charge in [0.15, 0.2) is 0 Å². The van der Waals surface area contributed by atoms with E-state index >= 15 is 0 Å². The van der Waals surface area contributed by atoms with Crippen molar-refractivity contribution in [2.45, 2.75) is 51.6 Å². The molecule has 2 fully saturated rings. The molecule has 2 saturated carbocycles. The third-order valence-electron chi connectivity index (χ3n) is 4.01. The van der Waals surface area contributed by atoms with Crippen molar-refractivity contribution in [3.63, 3.8) is 0 Å². The summed E-state index contributed by atoms with van der Waals surface area (Å²) >= 11 is 0. The molecule has 1 N–H and O–H groups in total. The lowest BCUT2D eigenvalue weighted by Crippen LogP contribution is -2.30. The van der Waals surface area contributed by atoms with Gasteiger partial charge in [0.05, 0.1) is 6.10 Å². The monoisotopic (exact) mass is 180 g/mol. The number of hydrogen-bond acceptors (Lipinski definition) is 1. The number of aliphatic hydroxyl groups excluding tert-OH is 1. The van der Waals surface area contributed by atoms with Crippen LogP contribution in [0.25, 0.3) is 0 Å². The van der Waals surface area contributed by atoms with Crippen molar-refractivity contribution in [1.29, 1.82) is 0 Å². The van der Waals surface area contributed by atoms with E-state index < -0.39 is 0 Å². The molecule has 0 unspecified atom stereocenters. The quantitative estimate of drug-likeness (QED) is 0.648. The Bertz CT molecular complexity index is 215. The van der Waals surface area contributed by atoms with Crippen LogP contribution in [0.2, 0.25) is 0 Å². The molecule has 0 aromatic heterocycles. The standard InChI is InChI=1S/C12H20O/c1-9-8-12(9,2)11(13)10-6-4-3-5-7-10/h10-11,13H,1,3-8H2,2H3/t11-,12-/m0/s1. The van der Waals surface area contributed by atoms with Gasteiger partial charge in [0, 0.05) is 5.41 Å². The molecule has 0 heterocycles. The first kappa shape index (κ1) is 9.26. The Labute approximate surface area is 80.8 Å². The summed E-state index contributed by atoms with van der Waals surface area (Å²) in [7, 11) is 0. The van der Waals surface area contributed by atoms with E-state index in [2.05, 4.69) is 13.5 Å². The summed E-state index contributed by atoms with van der Waals surface area (Å²) in [5.41, 5.74) is 1.34. The van der Waals surface area contributed by atoms with Crippen molar-refractivity contribution in [3.8, 4) is 0 Å². The fourth-order valence-corrected chi connectivity index (χ4v) is 2.68. The summed E-state index contributed by atoms with van der Waals surface area (Å²) in [4.78, 5) is 0. The van der Waals surface area contributed by atoms with Gasteiger partial charge in [0.2, 0.25) is 0 Å². The smallest absolute Gasteiger partial charge is 0.0661 e. The predicted octanol–water partition coefficient (Wildman–Crippen LogP) is 2.89. The minimum atomic E-state index is -0.111. The molecule has 1 heteroatoms. The molecule has 74 valence electrons. The fourth-order valence-electron chi connectivity index (χ4n) is 2.68. The molecular weight excluding hydrogens is 160 g/mol. The van der Waals surface area contributed by atoms with E-state index in [0.717, 1.165) is 6.42 Å². The summed E-state index contributed by atoms with van der Waals surface area (Å²) in [6, 6.07) is 0. The molecule has 0 radical (unpaired) electrons. The minimum Gasteiger partial charge on any atom is -0.392 e. The van der Waals surface area contributed by atoms with Crippen molar-refractivity contribution in [2.75, 3.05) is 0 Å². The first-order valence-corrected chi connectivity index (χ1v) is 5.51. The highest BCUT2D eigenvalue weighted by atomic mass is 16.3. The van der Waals surface area contributed by atoms with Crippen molar-refractivity contribution < 1.29 is 5.11 Å². The van der Waals surface area contributed by atoms with Gasteiger partial charge in [-0.2, -0.15) is 0 Å². The van der Waals surface area contributed by atoms with Crippen molar-refractivity contribution in [3.05, 3.63) is 12.2 Å². The van der Waals surface area contributed by atoms with Crippen LogP contribution in [-0.4, -0.2) is 11.2 Å². The lowest BCUT2D eigenvalue weighted by molar-refractivity contribution is 0.0341. The summed E-state index contributed by atoms with van der Waals surface area (Å²) in [6.07, 6.45) is 7.37. The average Bonchev–Trinajstić information content (AvgIpc) is 2.76. The Kier molecular flexibility index (Phi) is 2.23. The van der Waals surface area contributed by atoms with Gasteiger partial charge in [-0.1, -0.05) is 38.3 Å². The normalized spacial score (nSPS) is 37.5. The van der Waals surface area contributed by atoms with E-state index in [1.54, 1.807) is 0 Å². The van der Waals surface area contributed by atoms with Crippen molar-refractivity contribution >= 4 is 0 Å². The van der Waals surface area contributed by atoms with E-state index in [9.17, 15) is 5.11 Å². The van der Waals surface area contributed by atoms with Gasteiger partial charge in [-0.15, -0.1) is 0 Å². The van der Waals surface area contributed by atoms with Crippen LogP contribution in [0.4, 0.5) is 0 Å². The highest BCUT2D eigenvalue weighted by Gasteiger charge is 2.50. The maximum absolute atomic E-state index is 10.2. The van der Waals surface area contributed by atoms with E-state index in [-0.39, 0.29) is 11.5 Å². The molecule has 0 bridgehead atoms. The molecule has 0 aliphatic heterocycles. The van der Waals surface area contributed by atoms with Gasteiger partial charge >= 0.3 is 0 Å². The highest BCUT2D eigenvalue weighted by Crippen LogP contribution is 2.56. The minimum absolute atomic E-state index is 0.0853. The van der Waals surface area contributed by atoms with Gasteiger partial charge in [0.25, 0.3) is 0 Å². The van der Waals surface area contributed by atoms with Crippen LogP contribution in [0, 0.1) is 11.3 Å². The maximum atomic E-state index is 10.2. The van der Waals surface area contributed by atoms with E-state index in [1.807, 2.05) is 0 Å². The van der Waals surface area contributed by atoms with Crippen LogP contribution in [0.3, 0.4) is 0 Å². The van der Waals surface area contributed by atoms with Gasteiger partial charge in [-0.3, -0.25) is 0 Å². The third kappa shape index (κ3) is 1.54. The number of aliphatic hydroxyl groups is 1. The largest absolute Gasteiger partial charge is 0.392 e. The van der Waals surface area contributed by atoms with Crippen LogP contribution >= 0.6 is 0 Å². The second-order valence-electron chi connectivity index (χ2n) is 5.04. The lowest BCUT2D eigenvalue weighted by Gasteiger charge is -2.30. The van der Waals surface area contributed by atoms with Crippen LogP contribution in [0.15, 0.2) is 12.2 Å². The van der Waals surface area contributed by atoms with Crippen LogP contribution in [0.1, 0.15) is 45.4 Å². The Hall–Kier alpha value is -0.300. The maximum Gasteiger partial charge on any atom is 0.0661 e. The molecule has 2 atom stereocenters. The zero-order valence-corrected chi connectivity index (χ0v) is 8.55. The van der Waals surface area contributed by atoms with Gasteiger partial charge < -0.3 is 5.11 Å². The van der Waals surface area contributed by atoms with Gasteiger partial charge in [0.1, 0.15) is 0 Å². The van der Waals surface area contributed by atoms with E-state index in [4.69, 9.17) is 0 Å². The summed E-state index contributed by atoms with van der Waals surface area (Å²) < 4.78 is 0.